The Morgan fingerprint density at radius 3 is 2.50 bits per heavy atom. The molecular formula is C19H15IN2O3S. The van der Waals surface area contributed by atoms with Crippen LogP contribution in [0.3, 0.4) is 0 Å². The fourth-order valence-electron chi connectivity index (χ4n) is 2.31. The minimum Gasteiger partial charge on any atom is -0.462 e. The third kappa shape index (κ3) is 4.10. The highest BCUT2D eigenvalue weighted by molar-refractivity contribution is 14.1. The summed E-state index contributed by atoms with van der Waals surface area (Å²) in [4.78, 5) is 29.7. The Labute approximate surface area is 168 Å². The number of rotatable bonds is 5. The van der Waals surface area contributed by atoms with Crippen molar-refractivity contribution in [3.8, 4) is 11.3 Å². The summed E-state index contributed by atoms with van der Waals surface area (Å²) < 4.78 is 5.97. The number of amides is 1. The summed E-state index contributed by atoms with van der Waals surface area (Å²) in [5.74, 6) is -0.711. The van der Waals surface area contributed by atoms with Gasteiger partial charge in [-0.3, -0.25) is 10.1 Å². The molecule has 132 valence electrons. The maximum absolute atomic E-state index is 12.5. The molecule has 0 radical (unpaired) electrons. The lowest BCUT2D eigenvalue weighted by Gasteiger charge is -2.03. The molecule has 3 aromatic rings. The van der Waals surface area contributed by atoms with Gasteiger partial charge in [-0.05, 0) is 41.6 Å². The predicted molar refractivity (Wildman–Crippen MR) is 111 cm³/mol. The van der Waals surface area contributed by atoms with Crippen molar-refractivity contribution in [1.82, 2.24) is 4.98 Å². The van der Waals surface area contributed by atoms with Crippen LogP contribution in [0.5, 0.6) is 0 Å². The number of nitrogens with one attached hydrogen (secondary N) is 1. The first-order chi connectivity index (χ1) is 12.6. The van der Waals surface area contributed by atoms with Crippen molar-refractivity contribution in [3.63, 3.8) is 0 Å². The Kier molecular flexibility index (Phi) is 6.00. The SMILES string of the molecule is CCOC(=O)c1sc(NC(=O)c2ccccc2I)nc1-c1ccccc1. The Morgan fingerprint density at radius 1 is 1.12 bits per heavy atom. The fourth-order valence-corrected chi connectivity index (χ4v) is 3.82. The summed E-state index contributed by atoms with van der Waals surface area (Å²) in [6, 6.07) is 16.6. The first-order valence-electron chi connectivity index (χ1n) is 7.89. The van der Waals surface area contributed by atoms with Crippen LogP contribution in [-0.2, 0) is 4.74 Å². The number of hydrogen-bond donors (Lipinski definition) is 1. The molecule has 0 aliphatic heterocycles. The van der Waals surface area contributed by atoms with E-state index in [1.54, 1.807) is 19.1 Å². The molecule has 2 aromatic carbocycles. The number of nitrogens with zero attached hydrogens (tertiary/aromatic N) is 1. The van der Waals surface area contributed by atoms with Crippen LogP contribution in [0.1, 0.15) is 27.0 Å². The fraction of sp³-hybridized carbons (Fsp3) is 0.105. The molecular weight excluding hydrogens is 463 g/mol. The topological polar surface area (TPSA) is 68.3 Å². The Bertz CT molecular complexity index is 941. The molecule has 0 bridgehead atoms. The van der Waals surface area contributed by atoms with E-state index in [0.29, 0.717) is 21.3 Å². The van der Waals surface area contributed by atoms with Gasteiger partial charge in [0.1, 0.15) is 4.88 Å². The molecule has 0 unspecified atom stereocenters. The molecule has 1 aromatic heterocycles. The van der Waals surface area contributed by atoms with Gasteiger partial charge in [-0.15, -0.1) is 0 Å². The largest absolute Gasteiger partial charge is 0.462 e. The molecule has 1 heterocycles. The molecule has 7 heteroatoms. The molecule has 1 amide bonds. The van der Waals surface area contributed by atoms with E-state index in [4.69, 9.17) is 4.74 Å². The zero-order chi connectivity index (χ0) is 18.5. The van der Waals surface area contributed by atoms with Gasteiger partial charge in [-0.25, -0.2) is 9.78 Å². The number of carbonyl (C=O) groups is 2. The van der Waals surface area contributed by atoms with Crippen LogP contribution in [0.2, 0.25) is 0 Å². The molecule has 0 atom stereocenters. The number of esters is 1. The lowest BCUT2D eigenvalue weighted by Crippen LogP contribution is -2.13. The van der Waals surface area contributed by atoms with Gasteiger partial charge in [0.15, 0.2) is 5.13 Å². The van der Waals surface area contributed by atoms with Gasteiger partial charge < -0.3 is 4.74 Å². The number of benzene rings is 2. The second-order valence-electron chi connectivity index (χ2n) is 5.22. The second-order valence-corrected chi connectivity index (χ2v) is 7.38. The summed E-state index contributed by atoms with van der Waals surface area (Å²) in [6.45, 7) is 2.02. The van der Waals surface area contributed by atoms with E-state index in [2.05, 4.69) is 32.9 Å². The molecule has 0 saturated carbocycles. The summed E-state index contributed by atoms with van der Waals surface area (Å²) in [6.07, 6.45) is 0. The number of anilines is 1. The second kappa shape index (κ2) is 8.41. The van der Waals surface area contributed by atoms with Gasteiger partial charge in [-0.1, -0.05) is 53.8 Å². The van der Waals surface area contributed by atoms with Crippen molar-refractivity contribution >= 4 is 50.9 Å². The van der Waals surface area contributed by atoms with Crippen LogP contribution in [0.25, 0.3) is 11.3 Å². The molecule has 0 aliphatic carbocycles. The van der Waals surface area contributed by atoms with Gasteiger partial charge >= 0.3 is 5.97 Å². The zero-order valence-corrected chi connectivity index (χ0v) is 16.8. The van der Waals surface area contributed by atoms with Crippen molar-refractivity contribution in [2.24, 2.45) is 0 Å². The van der Waals surface area contributed by atoms with Gasteiger partial charge in [0, 0.05) is 9.13 Å². The smallest absolute Gasteiger partial charge is 0.350 e. The lowest BCUT2D eigenvalue weighted by molar-refractivity contribution is 0.0532. The van der Waals surface area contributed by atoms with Crippen LogP contribution in [0, 0.1) is 3.57 Å². The summed E-state index contributed by atoms with van der Waals surface area (Å²) >= 11 is 3.22. The van der Waals surface area contributed by atoms with E-state index in [0.717, 1.165) is 20.5 Å². The van der Waals surface area contributed by atoms with Crippen LogP contribution < -0.4 is 5.32 Å². The standard InChI is InChI=1S/C19H15IN2O3S/c1-2-25-18(24)16-15(12-8-4-3-5-9-12)21-19(26-16)22-17(23)13-10-6-7-11-14(13)20/h3-11H,2H2,1H3,(H,21,22,23). The van der Waals surface area contributed by atoms with Crippen molar-refractivity contribution in [2.75, 3.05) is 11.9 Å². The zero-order valence-electron chi connectivity index (χ0n) is 13.9. The summed E-state index contributed by atoms with van der Waals surface area (Å²) in [5.41, 5.74) is 1.86. The molecule has 0 fully saturated rings. The molecule has 0 spiro atoms. The normalized spacial score (nSPS) is 10.4. The lowest BCUT2D eigenvalue weighted by atomic mass is 10.1. The highest BCUT2D eigenvalue weighted by Crippen LogP contribution is 2.32. The number of aromatic nitrogens is 1. The van der Waals surface area contributed by atoms with E-state index in [9.17, 15) is 9.59 Å². The average Bonchev–Trinajstić information content (AvgIpc) is 3.07. The molecule has 0 saturated heterocycles. The van der Waals surface area contributed by atoms with Crippen LogP contribution >= 0.6 is 33.9 Å². The van der Waals surface area contributed by atoms with Gasteiger partial charge in [0.25, 0.3) is 5.91 Å². The Balaban J connectivity index is 1.95. The van der Waals surface area contributed by atoms with Gasteiger partial charge in [-0.2, -0.15) is 0 Å². The van der Waals surface area contributed by atoms with Crippen molar-refractivity contribution in [3.05, 3.63) is 68.6 Å². The first-order valence-corrected chi connectivity index (χ1v) is 9.79. The van der Waals surface area contributed by atoms with Crippen molar-refractivity contribution < 1.29 is 14.3 Å². The molecule has 1 N–H and O–H groups in total. The maximum Gasteiger partial charge on any atom is 0.350 e. The Morgan fingerprint density at radius 2 is 1.81 bits per heavy atom. The Hall–Kier alpha value is -2.26. The van der Waals surface area contributed by atoms with E-state index >= 15 is 0 Å². The van der Waals surface area contributed by atoms with Crippen LogP contribution in [-0.4, -0.2) is 23.5 Å². The van der Waals surface area contributed by atoms with Crippen molar-refractivity contribution in [2.45, 2.75) is 6.92 Å². The first kappa shape index (κ1) is 18.5. The quantitative estimate of drug-likeness (QED) is 0.421. The van der Waals surface area contributed by atoms with Crippen LogP contribution in [0.4, 0.5) is 5.13 Å². The molecule has 26 heavy (non-hydrogen) atoms. The number of ether oxygens (including phenoxy) is 1. The number of carbonyl (C=O) groups excluding carboxylic acids is 2. The molecule has 5 nitrogen and oxygen atoms in total. The summed E-state index contributed by atoms with van der Waals surface area (Å²) in [5, 5.41) is 3.14. The maximum atomic E-state index is 12.5. The third-order valence-corrected chi connectivity index (χ3v) is 5.37. The minimum atomic E-state index is -0.446. The number of halogens is 1. The number of hydrogen-bond acceptors (Lipinski definition) is 5. The third-order valence-electron chi connectivity index (χ3n) is 3.47. The molecule has 0 aliphatic rings. The van der Waals surface area contributed by atoms with Crippen molar-refractivity contribution in [1.29, 1.82) is 0 Å². The van der Waals surface area contributed by atoms with Gasteiger partial charge in [0.05, 0.1) is 17.9 Å². The summed E-state index contributed by atoms with van der Waals surface area (Å²) in [7, 11) is 0. The monoisotopic (exact) mass is 478 g/mol. The predicted octanol–water partition coefficient (Wildman–Crippen LogP) is 4.84. The average molecular weight is 478 g/mol. The van der Waals surface area contributed by atoms with E-state index in [-0.39, 0.29) is 12.5 Å². The van der Waals surface area contributed by atoms with E-state index < -0.39 is 5.97 Å². The minimum absolute atomic E-state index is 0.265. The van der Waals surface area contributed by atoms with E-state index in [1.165, 1.54) is 0 Å². The highest BCUT2D eigenvalue weighted by Gasteiger charge is 2.22. The number of thiazole rings is 1. The highest BCUT2D eigenvalue weighted by atomic mass is 127. The van der Waals surface area contributed by atoms with E-state index in [1.807, 2.05) is 42.5 Å². The van der Waals surface area contributed by atoms with Gasteiger partial charge in [0.2, 0.25) is 0 Å². The molecule has 3 rings (SSSR count). The van der Waals surface area contributed by atoms with Crippen LogP contribution in [0.15, 0.2) is 54.6 Å².